The van der Waals surface area contributed by atoms with Crippen molar-refractivity contribution in [1.29, 1.82) is 0 Å². The Morgan fingerprint density at radius 3 is 2.18 bits per heavy atom. The van der Waals surface area contributed by atoms with Crippen molar-refractivity contribution in [3.05, 3.63) is 59.7 Å². The summed E-state index contributed by atoms with van der Waals surface area (Å²) in [5.74, 6) is -1.64. The van der Waals surface area contributed by atoms with E-state index >= 15 is 0 Å². The van der Waals surface area contributed by atoms with Crippen molar-refractivity contribution in [1.82, 2.24) is 10.6 Å². The van der Waals surface area contributed by atoms with Gasteiger partial charge in [-0.2, -0.15) is 0 Å². The van der Waals surface area contributed by atoms with Gasteiger partial charge in [0.05, 0.1) is 5.92 Å². The first-order valence-corrected chi connectivity index (χ1v) is 11.7. The number of carboxylic acid groups (broad SMARTS) is 1. The van der Waals surface area contributed by atoms with Gasteiger partial charge in [-0.25, -0.2) is 4.79 Å². The summed E-state index contributed by atoms with van der Waals surface area (Å²) >= 11 is 0. The van der Waals surface area contributed by atoms with Gasteiger partial charge < -0.3 is 20.5 Å². The van der Waals surface area contributed by atoms with E-state index in [0.717, 1.165) is 6.42 Å². The van der Waals surface area contributed by atoms with Crippen LogP contribution in [0.3, 0.4) is 0 Å². The third-order valence-corrected chi connectivity index (χ3v) is 7.34. The molecule has 2 saturated carbocycles. The maximum Gasteiger partial charge on any atom is 0.407 e. The van der Waals surface area contributed by atoms with Crippen LogP contribution in [0.1, 0.15) is 49.1 Å². The van der Waals surface area contributed by atoms with Gasteiger partial charge in [0.15, 0.2) is 0 Å². The number of rotatable bonds is 6. The number of carboxylic acids is 1. The maximum absolute atomic E-state index is 12.5. The van der Waals surface area contributed by atoms with Crippen molar-refractivity contribution in [2.45, 2.75) is 50.1 Å². The number of benzene rings is 2. The van der Waals surface area contributed by atoms with Crippen LogP contribution in [0.25, 0.3) is 11.1 Å². The zero-order chi connectivity index (χ0) is 22.9. The maximum atomic E-state index is 12.5. The predicted octanol–water partition coefficient (Wildman–Crippen LogP) is 3.67. The fraction of sp³-hybridized carbons (Fsp3) is 0.423. The highest BCUT2D eigenvalue weighted by Gasteiger charge is 2.40. The molecule has 0 aliphatic heterocycles. The van der Waals surface area contributed by atoms with Gasteiger partial charge in [-0.05, 0) is 47.9 Å². The fourth-order valence-electron chi connectivity index (χ4n) is 5.49. The third kappa shape index (κ3) is 4.19. The molecule has 2 aromatic rings. The third-order valence-electron chi connectivity index (χ3n) is 7.34. The van der Waals surface area contributed by atoms with E-state index in [1.54, 1.807) is 0 Å². The molecule has 0 heterocycles. The molecule has 33 heavy (non-hydrogen) atoms. The number of ether oxygens (including phenoxy) is 1. The monoisotopic (exact) mass is 448 g/mol. The summed E-state index contributed by atoms with van der Waals surface area (Å²) in [6, 6.07) is 16.0. The Morgan fingerprint density at radius 2 is 1.55 bits per heavy atom. The van der Waals surface area contributed by atoms with Gasteiger partial charge in [-0.1, -0.05) is 55.0 Å². The Morgan fingerprint density at radius 1 is 0.909 bits per heavy atom. The Bertz CT molecular complexity index is 1030. The van der Waals surface area contributed by atoms with Crippen molar-refractivity contribution in [3.8, 4) is 11.1 Å². The molecule has 2 fully saturated rings. The molecule has 0 bridgehead atoms. The van der Waals surface area contributed by atoms with Crippen LogP contribution in [0.5, 0.6) is 0 Å². The Kier molecular flexibility index (Phi) is 5.79. The second-order valence-electron chi connectivity index (χ2n) is 9.33. The number of alkyl carbamates (subject to hydrolysis) is 1. The summed E-state index contributed by atoms with van der Waals surface area (Å²) in [5.41, 5.74) is 4.70. The SMILES string of the molecule is O=C(NC1CC(C(=O)NC2CCCC2C(=O)O)C1)OCC1c2ccccc2-c2ccccc21. The van der Waals surface area contributed by atoms with E-state index in [-0.39, 0.29) is 36.4 Å². The molecule has 2 atom stereocenters. The number of carbonyl (C=O) groups excluding carboxylic acids is 2. The van der Waals surface area contributed by atoms with Crippen LogP contribution in [-0.2, 0) is 14.3 Å². The smallest absolute Gasteiger partial charge is 0.407 e. The Balaban J connectivity index is 1.10. The molecule has 2 unspecified atom stereocenters. The lowest BCUT2D eigenvalue weighted by atomic mass is 9.79. The summed E-state index contributed by atoms with van der Waals surface area (Å²) in [5, 5.41) is 15.0. The predicted molar refractivity (Wildman–Crippen MR) is 122 cm³/mol. The van der Waals surface area contributed by atoms with Crippen molar-refractivity contribution in [2.24, 2.45) is 11.8 Å². The Hall–Kier alpha value is -3.35. The largest absolute Gasteiger partial charge is 0.481 e. The number of fused-ring (bicyclic) bond motifs is 3. The van der Waals surface area contributed by atoms with Gasteiger partial charge in [0.25, 0.3) is 0 Å². The normalized spacial score (nSPS) is 25.5. The van der Waals surface area contributed by atoms with Gasteiger partial charge in [-0.3, -0.25) is 9.59 Å². The van der Waals surface area contributed by atoms with E-state index in [1.807, 2.05) is 24.3 Å². The molecule has 0 saturated heterocycles. The highest BCUT2D eigenvalue weighted by Crippen LogP contribution is 2.44. The minimum absolute atomic E-state index is 0.0108. The quantitative estimate of drug-likeness (QED) is 0.625. The van der Waals surface area contributed by atoms with E-state index < -0.39 is 18.0 Å². The minimum atomic E-state index is -0.846. The van der Waals surface area contributed by atoms with Gasteiger partial charge >= 0.3 is 12.1 Å². The topological polar surface area (TPSA) is 105 Å². The molecule has 3 N–H and O–H groups in total. The molecule has 3 aliphatic rings. The van der Waals surface area contributed by atoms with Crippen LogP contribution in [0.15, 0.2) is 48.5 Å². The number of hydrogen-bond acceptors (Lipinski definition) is 4. The van der Waals surface area contributed by atoms with Gasteiger partial charge in [0, 0.05) is 23.9 Å². The minimum Gasteiger partial charge on any atom is -0.481 e. The molecule has 0 radical (unpaired) electrons. The summed E-state index contributed by atoms with van der Waals surface area (Å²) in [4.78, 5) is 36.2. The molecular weight excluding hydrogens is 420 g/mol. The van der Waals surface area contributed by atoms with E-state index in [9.17, 15) is 19.5 Å². The number of aliphatic carboxylic acids is 1. The Labute approximate surface area is 192 Å². The zero-order valence-electron chi connectivity index (χ0n) is 18.3. The molecule has 0 spiro atoms. The zero-order valence-corrected chi connectivity index (χ0v) is 18.3. The summed E-state index contributed by atoms with van der Waals surface area (Å²) in [7, 11) is 0. The van der Waals surface area contributed by atoms with Crippen molar-refractivity contribution in [3.63, 3.8) is 0 Å². The second-order valence-corrected chi connectivity index (χ2v) is 9.33. The number of carbonyl (C=O) groups is 3. The lowest BCUT2D eigenvalue weighted by Crippen LogP contribution is -2.52. The highest BCUT2D eigenvalue weighted by atomic mass is 16.5. The molecule has 5 rings (SSSR count). The van der Waals surface area contributed by atoms with Gasteiger partial charge in [0.2, 0.25) is 5.91 Å². The van der Waals surface area contributed by atoms with Crippen LogP contribution in [0.4, 0.5) is 4.79 Å². The number of hydrogen-bond donors (Lipinski definition) is 3. The summed E-state index contributed by atoms with van der Waals surface area (Å²) in [6.45, 7) is 0.259. The van der Waals surface area contributed by atoms with Crippen molar-refractivity contribution in [2.75, 3.05) is 6.61 Å². The van der Waals surface area contributed by atoms with Crippen molar-refractivity contribution >= 4 is 18.0 Å². The van der Waals surface area contributed by atoms with E-state index in [4.69, 9.17) is 4.74 Å². The molecule has 0 aromatic heterocycles. The molecule has 2 amide bonds. The van der Waals surface area contributed by atoms with Gasteiger partial charge in [-0.15, -0.1) is 0 Å². The average Bonchev–Trinajstić information content (AvgIpc) is 3.37. The molecule has 2 aromatic carbocycles. The number of nitrogens with one attached hydrogen (secondary N) is 2. The van der Waals surface area contributed by atoms with Crippen LogP contribution in [-0.4, -0.2) is 41.8 Å². The molecule has 7 heteroatoms. The summed E-state index contributed by atoms with van der Waals surface area (Å²) < 4.78 is 5.57. The van der Waals surface area contributed by atoms with Crippen LogP contribution in [0.2, 0.25) is 0 Å². The molecule has 172 valence electrons. The molecule has 7 nitrogen and oxygen atoms in total. The first-order valence-electron chi connectivity index (χ1n) is 11.7. The lowest BCUT2D eigenvalue weighted by Gasteiger charge is -2.35. The standard InChI is InChI=1S/C26H28N2O5/c29-24(28-23-11-5-10-21(23)25(30)31)15-12-16(13-15)27-26(32)33-14-22-19-8-3-1-6-17(19)18-7-2-4-9-20(18)22/h1-4,6-9,15-16,21-23H,5,10-14H2,(H,27,32)(H,28,29)(H,30,31). The van der Waals surface area contributed by atoms with Crippen LogP contribution < -0.4 is 10.6 Å². The van der Waals surface area contributed by atoms with Crippen molar-refractivity contribution < 1.29 is 24.2 Å². The first-order chi connectivity index (χ1) is 16.0. The second kappa shape index (κ2) is 8.89. The molecule has 3 aliphatic carbocycles. The van der Waals surface area contributed by atoms with Gasteiger partial charge in [0.1, 0.15) is 6.61 Å². The van der Waals surface area contributed by atoms with Crippen LogP contribution in [0, 0.1) is 11.8 Å². The van der Waals surface area contributed by atoms with E-state index in [2.05, 4.69) is 34.9 Å². The number of amides is 2. The fourth-order valence-corrected chi connectivity index (χ4v) is 5.49. The lowest BCUT2D eigenvalue weighted by molar-refractivity contribution is -0.142. The summed E-state index contributed by atoms with van der Waals surface area (Å²) in [6.07, 6.45) is 2.75. The van der Waals surface area contributed by atoms with E-state index in [0.29, 0.717) is 25.7 Å². The van der Waals surface area contributed by atoms with Crippen LogP contribution >= 0.6 is 0 Å². The average molecular weight is 449 g/mol. The first kappa shape index (κ1) is 21.5. The highest BCUT2D eigenvalue weighted by molar-refractivity contribution is 5.82. The van der Waals surface area contributed by atoms with E-state index in [1.165, 1.54) is 22.3 Å². The molecular formula is C26H28N2O5.